The summed E-state index contributed by atoms with van der Waals surface area (Å²) in [6, 6.07) is 0.473. The Morgan fingerprint density at radius 2 is 1.41 bits per heavy atom. The van der Waals surface area contributed by atoms with Crippen molar-refractivity contribution in [2.45, 2.75) is 110 Å². The van der Waals surface area contributed by atoms with E-state index in [9.17, 15) is 4.79 Å². The number of rotatable bonds is 13. The van der Waals surface area contributed by atoms with E-state index in [0.717, 1.165) is 11.8 Å². The lowest BCUT2D eigenvalue weighted by atomic mass is 9.69. The van der Waals surface area contributed by atoms with Crippen LogP contribution in [0.15, 0.2) is 0 Å². The van der Waals surface area contributed by atoms with Crippen LogP contribution >= 0.6 is 0 Å². The molecule has 1 amide bonds. The molecule has 1 saturated carbocycles. The van der Waals surface area contributed by atoms with Crippen molar-refractivity contribution in [3.05, 3.63) is 0 Å². The molecule has 1 aliphatic carbocycles. The Bertz CT molecular complexity index is 283. The fraction of sp³-hybridized carbons (Fsp3) is 0.950. The average molecular weight is 310 g/mol. The molecule has 0 aliphatic heterocycles. The maximum atomic E-state index is 11.1. The molecule has 1 unspecified atom stereocenters. The summed E-state index contributed by atoms with van der Waals surface area (Å²) >= 11 is 0. The number of nitrogens with one attached hydrogen (secondary N) is 1. The minimum absolute atomic E-state index is 0.141. The van der Waals surface area contributed by atoms with Gasteiger partial charge in [0.25, 0.3) is 0 Å². The van der Waals surface area contributed by atoms with E-state index in [1.54, 1.807) is 6.92 Å². The van der Waals surface area contributed by atoms with Crippen molar-refractivity contribution < 1.29 is 4.79 Å². The van der Waals surface area contributed by atoms with Crippen molar-refractivity contribution in [2.75, 3.05) is 0 Å². The molecule has 0 aromatic rings. The van der Waals surface area contributed by atoms with Crippen LogP contribution in [0.3, 0.4) is 0 Å². The van der Waals surface area contributed by atoms with Gasteiger partial charge in [0.1, 0.15) is 0 Å². The first-order chi connectivity index (χ1) is 10.7. The summed E-state index contributed by atoms with van der Waals surface area (Å²) in [5.74, 6) is 1.94. The van der Waals surface area contributed by atoms with Gasteiger partial charge >= 0.3 is 0 Å². The van der Waals surface area contributed by atoms with E-state index in [0.29, 0.717) is 6.04 Å². The minimum Gasteiger partial charge on any atom is -0.354 e. The summed E-state index contributed by atoms with van der Waals surface area (Å²) < 4.78 is 0. The van der Waals surface area contributed by atoms with E-state index in [4.69, 9.17) is 0 Å². The van der Waals surface area contributed by atoms with Crippen molar-refractivity contribution in [1.29, 1.82) is 0 Å². The number of carbonyl (C=O) groups is 1. The quantitative estimate of drug-likeness (QED) is 0.425. The Morgan fingerprint density at radius 3 is 1.91 bits per heavy atom. The van der Waals surface area contributed by atoms with Crippen LogP contribution in [0.25, 0.3) is 0 Å². The fourth-order valence-electron chi connectivity index (χ4n) is 3.91. The number of carbonyl (C=O) groups excluding carboxylic acids is 1. The van der Waals surface area contributed by atoms with Crippen LogP contribution in [0, 0.1) is 11.8 Å². The molecule has 0 radical (unpaired) electrons. The molecular weight excluding hydrogens is 270 g/mol. The Morgan fingerprint density at radius 1 is 0.909 bits per heavy atom. The van der Waals surface area contributed by atoms with Gasteiger partial charge < -0.3 is 5.32 Å². The molecule has 0 aromatic carbocycles. The Balaban J connectivity index is 2.24. The third kappa shape index (κ3) is 8.19. The normalized spacial score (nSPS) is 22.1. The van der Waals surface area contributed by atoms with E-state index < -0.39 is 0 Å². The standard InChI is InChI=1S/C20H39NO/c1-4-6-8-10-12-14-18(13-11-9-7-5-2)19-15-20(16-19)21-17(3)22/h18-20H,4-16H2,1-3H3,(H,21,22). The van der Waals surface area contributed by atoms with Crippen molar-refractivity contribution in [1.82, 2.24) is 5.32 Å². The van der Waals surface area contributed by atoms with Gasteiger partial charge in [-0.05, 0) is 24.7 Å². The Labute approximate surface area is 138 Å². The highest BCUT2D eigenvalue weighted by molar-refractivity contribution is 5.73. The van der Waals surface area contributed by atoms with Gasteiger partial charge in [-0.1, -0.05) is 84.5 Å². The first kappa shape index (κ1) is 19.5. The molecule has 0 spiro atoms. The van der Waals surface area contributed by atoms with Crippen molar-refractivity contribution in [2.24, 2.45) is 11.8 Å². The number of unbranched alkanes of at least 4 members (excludes halogenated alkanes) is 7. The SMILES string of the molecule is CCCCCCCC(CCCCCC)C1CC(NC(C)=O)C1. The highest BCUT2D eigenvalue weighted by atomic mass is 16.1. The molecule has 0 bridgehead atoms. The van der Waals surface area contributed by atoms with Gasteiger partial charge in [-0.2, -0.15) is 0 Å². The second kappa shape index (κ2) is 12.0. The van der Waals surface area contributed by atoms with Gasteiger partial charge in [0.15, 0.2) is 0 Å². The molecule has 0 saturated heterocycles. The molecule has 1 aliphatic rings. The molecule has 1 N–H and O–H groups in total. The maximum absolute atomic E-state index is 11.1. The summed E-state index contributed by atoms with van der Waals surface area (Å²) in [4.78, 5) is 11.1. The lowest BCUT2D eigenvalue weighted by molar-refractivity contribution is -0.120. The number of amides is 1. The Kier molecular flexibility index (Phi) is 10.6. The molecule has 1 rings (SSSR count). The summed E-state index contributed by atoms with van der Waals surface area (Å²) in [6.07, 6.45) is 17.8. The van der Waals surface area contributed by atoms with Crippen LogP contribution in [-0.2, 0) is 4.79 Å². The number of hydrogen-bond donors (Lipinski definition) is 1. The van der Waals surface area contributed by atoms with E-state index in [2.05, 4.69) is 19.2 Å². The van der Waals surface area contributed by atoms with Crippen molar-refractivity contribution >= 4 is 5.91 Å². The third-order valence-electron chi connectivity index (χ3n) is 5.36. The molecule has 2 nitrogen and oxygen atoms in total. The van der Waals surface area contributed by atoms with Crippen molar-refractivity contribution in [3.8, 4) is 0 Å². The highest BCUT2D eigenvalue weighted by Crippen LogP contribution is 2.39. The molecule has 0 heterocycles. The van der Waals surface area contributed by atoms with Gasteiger partial charge in [0, 0.05) is 13.0 Å². The largest absolute Gasteiger partial charge is 0.354 e. The number of hydrogen-bond acceptors (Lipinski definition) is 1. The predicted octanol–water partition coefficient (Wildman–Crippen LogP) is 5.85. The van der Waals surface area contributed by atoms with Crippen LogP contribution < -0.4 is 5.32 Å². The molecular formula is C20H39NO. The fourth-order valence-corrected chi connectivity index (χ4v) is 3.91. The minimum atomic E-state index is 0.141. The smallest absolute Gasteiger partial charge is 0.217 e. The van der Waals surface area contributed by atoms with Crippen LogP contribution in [0.1, 0.15) is 104 Å². The zero-order valence-electron chi connectivity index (χ0n) is 15.3. The molecule has 130 valence electrons. The zero-order valence-corrected chi connectivity index (χ0v) is 15.3. The lowest BCUT2D eigenvalue weighted by Gasteiger charge is -2.41. The first-order valence-electron chi connectivity index (χ1n) is 9.94. The van der Waals surface area contributed by atoms with E-state index in [1.165, 1.54) is 83.5 Å². The molecule has 0 aromatic heterocycles. The second-order valence-corrected chi connectivity index (χ2v) is 7.44. The summed E-state index contributed by atoms with van der Waals surface area (Å²) in [5.41, 5.74) is 0. The first-order valence-corrected chi connectivity index (χ1v) is 9.94. The van der Waals surface area contributed by atoms with Gasteiger partial charge in [0.2, 0.25) is 5.91 Å². The van der Waals surface area contributed by atoms with Crippen LogP contribution in [0.4, 0.5) is 0 Å². The zero-order chi connectivity index (χ0) is 16.2. The molecule has 2 heteroatoms. The van der Waals surface area contributed by atoms with Gasteiger partial charge in [-0.25, -0.2) is 0 Å². The van der Waals surface area contributed by atoms with Crippen LogP contribution in [-0.4, -0.2) is 11.9 Å². The highest BCUT2D eigenvalue weighted by Gasteiger charge is 2.34. The van der Waals surface area contributed by atoms with E-state index in [-0.39, 0.29) is 5.91 Å². The summed E-state index contributed by atoms with van der Waals surface area (Å²) in [7, 11) is 0. The third-order valence-corrected chi connectivity index (χ3v) is 5.36. The van der Waals surface area contributed by atoms with Crippen molar-refractivity contribution in [3.63, 3.8) is 0 Å². The van der Waals surface area contributed by atoms with Gasteiger partial charge in [-0.3, -0.25) is 4.79 Å². The monoisotopic (exact) mass is 309 g/mol. The maximum Gasteiger partial charge on any atom is 0.217 e. The van der Waals surface area contributed by atoms with Crippen LogP contribution in [0.5, 0.6) is 0 Å². The molecule has 22 heavy (non-hydrogen) atoms. The van der Waals surface area contributed by atoms with Gasteiger partial charge in [0.05, 0.1) is 0 Å². The van der Waals surface area contributed by atoms with E-state index in [1.807, 2.05) is 0 Å². The van der Waals surface area contributed by atoms with Gasteiger partial charge in [-0.15, -0.1) is 0 Å². The molecule has 1 fully saturated rings. The van der Waals surface area contributed by atoms with E-state index >= 15 is 0 Å². The lowest BCUT2D eigenvalue weighted by Crippen LogP contribution is -2.45. The predicted molar refractivity (Wildman–Crippen MR) is 96.0 cm³/mol. The Hall–Kier alpha value is -0.530. The van der Waals surface area contributed by atoms with Crippen LogP contribution in [0.2, 0.25) is 0 Å². The second-order valence-electron chi connectivity index (χ2n) is 7.44. The molecule has 1 atom stereocenters. The summed E-state index contributed by atoms with van der Waals surface area (Å²) in [6.45, 7) is 6.21. The topological polar surface area (TPSA) is 29.1 Å². The average Bonchev–Trinajstić information content (AvgIpc) is 2.44. The summed E-state index contributed by atoms with van der Waals surface area (Å²) in [5, 5.41) is 3.09.